The van der Waals surface area contributed by atoms with E-state index in [2.05, 4.69) is 9.88 Å². The van der Waals surface area contributed by atoms with Crippen LogP contribution in [0.4, 0.5) is 10.1 Å². The summed E-state index contributed by atoms with van der Waals surface area (Å²) >= 11 is 0. The summed E-state index contributed by atoms with van der Waals surface area (Å²) in [5.41, 5.74) is 6.84. The zero-order valence-electron chi connectivity index (χ0n) is 11.9. The van der Waals surface area contributed by atoms with Crippen molar-refractivity contribution in [2.75, 3.05) is 5.73 Å². The average molecular weight is 313 g/mol. The van der Waals surface area contributed by atoms with Gasteiger partial charge >= 0.3 is 0 Å². The van der Waals surface area contributed by atoms with Crippen molar-refractivity contribution >= 4 is 15.7 Å². The Morgan fingerprint density at radius 2 is 2.00 bits per heavy atom. The zero-order valence-corrected chi connectivity index (χ0v) is 12.7. The van der Waals surface area contributed by atoms with E-state index in [1.807, 2.05) is 0 Å². The third kappa shape index (κ3) is 3.06. The highest BCUT2D eigenvalue weighted by Crippen LogP contribution is 2.22. The zero-order chi connectivity index (χ0) is 15.8. The van der Waals surface area contributed by atoms with Crippen LogP contribution < -0.4 is 10.5 Å². The molecule has 21 heavy (non-hydrogen) atoms. The van der Waals surface area contributed by atoms with Crippen LogP contribution in [0.2, 0.25) is 0 Å². The second-order valence-corrected chi connectivity index (χ2v) is 6.49. The molecule has 0 amide bonds. The maximum Gasteiger partial charge on any atom is 0.241 e. The molecule has 0 bridgehead atoms. The van der Waals surface area contributed by atoms with E-state index in [1.54, 1.807) is 13.8 Å². The largest absolute Gasteiger partial charge is 0.399 e. The second kappa shape index (κ2) is 5.45. The predicted octanol–water partition coefficient (Wildman–Crippen LogP) is 1.80. The monoisotopic (exact) mass is 313 g/mol. The maximum absolute atomic E-state index is 13.6. The minimum atomic E-state index is -3.88. The smallest absolute Gasteiger partial charge is 0.241 e. The van der Waals surface area contributed by atoms with E-state index in [1.165, 1.54) is 13.0 Å². The number of anilines is 1. The lowest BCUT2D eigenvalue weighted by Gasteiger charge is -2.10. The Morgan fingerprint density at radius 3 is 2.57 bits per heavy atom. The average Bonchev–Trinajstić information content (AvgIpc) is 2.71. The fraction of sp³-hybridized carbons (Fsp3) is 0.308. The Bertz CT molecular complexity index is 765. The lowest BCUT2D eigenvalue weighted by molar-refractivity contribution is 0.392. The highest BCUT2D eigenvalue weighted by Gasteiger charge is 2.21. The lowest BCUT2D eigenvalue weighted by Crippen LogP contribution is -2.25. The van der Waals surface area contributed by atoms with Crippen LogP contribution in [0.15, 0.2) is 21.6 Å². The van der Waals surface area contributed by atoms with E-state index in [9.17, 15) is 12.8 Å². The van der Waals surface area contributed by atoms with E-state index in [0.29, 0.717) is 17.0 Å². The number of nitrogens with one attached hydrogen (secondary N) is 1. The fourth-order valence-corrected chi connectivity index (χ4v) is 3.23. The van der Waals surface area contributed by atoms with Crippen LogP contribution in [-0.4, -0.2) is 13.6 Å². The lowest BCUT2D eigenvalue weighted by atomic mass is 10.2. The molecule has 0 fully saturated rings. The van der Waals surface area contributed by atoms with Crippen molar-refractivity contribution in [1.82, 2.24) is 9.88 Å². The number of sulfonamides is 1. The Labute approximate surface area is 122 Å². The van der Waals surface area contributed by atoms with Crippen LogP contribution in [0, 0.1) is 26.6 Å². The summed E-state index contributed by atoms with van der Waals surface area (Å²) in [6.07, 6.45) is 0. The molecule has 0 saturated heterocycles. The molecule has 0 atom stereocenters. The van der Waals surface area contributed by atoms with Gasteiger partial charge in [-0.3, -0.25) is 0 Å². The topological polar surface area (TPSA) is 98.2 Å². The molecular weight excluding hydrogens is 297 g/mol. The Kier molecular flexibility index (Phi) is 4.02. The number of halogens is 1. The Morgan fingerprint density at radius 1 is 1.33 bits per heavy atom. The molecule has 6 nitrogen and oxygen atoms in total. The van der Waals surface area contributed by atoms with Gasteiger partial charge in [-0.2, -0.15) is 0 Å². The molecule has 114 valence electrons. The van der Waals surface area contributed by atoms with Crippen LogP contribution >= 0.6 is 0 Å². The minimum Gasteiger partial charge on any atom is -0.399 e. The molecule has 0 radical (unpaired) electrons. The molecule has 1 heterocycles. The van der Waals surface area contributed by atoms with Crippen LogP contribution in [0.3, 0.4) is 0 Å². The van der Waals surface area contributed by atoms with Crippen molar-refractivity contribution in [3.05, 3.63) is 40.5 Å². The van der Waals surface area contributed by atoms with Gasteiger partial charge < -0.3 is 10.3 Å². The number of aryl methyl sites for hydroxylation is 2. The number of hydrogen-bond donors (Lipinski definition) is 2. The molecule has 0 aliphatic heterocycles. The van der Waals surface area contributed by atoms with E-state index >= 15 is 0 Å². The molecule has 0 spiro atoms. The first-order chi connectivity index (χ1) is 9.72. The normalized spacial score (nSPS) is 11.8. The van der Waals surface area contributed by atoms with Gasteiger partial charge in [0.05, 0.1) is 10.6 Å². The second-order valence-electron chi connectivity index (χ2n) is 4.75. The first-order valence-corrected chi connectivity index (χ1v) is 7.67. The minimum absolute atomic E-state index is 0.0133. The van der Waals surface area contributed by atoms with Gasteiger partial charge in [-0.05, 0) is 32.9 Å². The van der Waals surface area contributed by atoms with Crippen molar-refractivity contribution in [3.8, 4) is 0 Å². The van der Waals surface area contributed by atoms with Gasteiger partial charge in [-0.25, -0.2) is 17.5 Å². The maximum atomic E-state index is 13.6. The quantitative estimate of drug-likeness (QED) is 0.839. The highest BCUT2D eigenvalue weighted by atomic mass is 32.2. The number of nitrogen functional groups attached to an aromatic ring is 1. The predicted molar refractivity (Wildman–Crippen MR) is 75.6 cm³/mol. The Hall–Kier alpha value is -1.93. The van der Waals surface area contributed by atoms with Gasteiger partial charge in [-0.15, -0.1) is 0 Å². The third-order valence-corrected chi connectivity index (χ3v) is 4.76. The Balaban J connectivity index is 2.32. The van der Waals surface area contributed by atoms with Crippen molar-refractivity contribution < 1.29 is 17.3 Å². The van der Waals surface area contributed by atoms with E-state index in [4.69, 9.17) is 10.3 Å². The number of aromatic nitrogens is 1. The highest BCUT2D eigenvalue weighted by molar-refractivity contribution is 7.89. The summed E-state index contributed by atoms with van der Waals surface area (Å²) < 4.78 is 45.6. The fourth-order valence-electron chi connectivity index (χ4n) is 1.95. The van der Waals surface area contributed by atoms with E-state index < -0.39 is 15.8 Å². The summed E-state index contributed by atoms with van der Waals surface area (Å²) in [6.45, 7) is 4.80. The molecule has 0 aliphatic rings. The molecule has 8 heteroatoms. The molecular formula is C13H16FN3O3S. The first kappa shape index (κ1) is 15.5. The molecule has 3 N–H and O–H groups in total. The van der Waals surface area contributed by atoms with Gasteiger partial charge in [0.15, 0.2) is 0 Å². The molecule has 2 rings (SSSR count). The SMILES string of the molecule is Cc1noc(C)c1CNS(=O)(=O)c1cc(N)cc(F)c1C. The number of rotatable bonds is 4. The molecule has 2 aromatic rings. The molecule has 0 saturated carbocycles. The molecule has 1 aromatic heterocycles. The van der Waals surface area contributed by atoms with Gasteiger partial charge in [0.2, 0.25) is 10.0 Å². The van der Waals surface area contributed by atoms with Crippen LogP contribution in [-0.2, 0) is 16.6 Å². The van der Waals surface area contributed by atoms with E-state index in [-0.39, 0.29) is 22.7 Å². The summed E-state index contributed by atoms with van der Waals surface area (Å²) in [7, 11) is -3.88. The van der Waals surface area contributed by atoms with Crippen LogP contribution in [0.25, 0.3) is 0 Å². The first-order valence-electron chi connectivity index (χ1n) is 6.19. The molecule has 0 unspecified atom stereocenters. The van der Waals surface area contributed by atoms with Crippen LogP contribution in [0.1, 0.15) is 22.6 Å². The van der Waals surface area contributed by atoms with Gasteiger partial charge in [0, 0.05) is 23.4 Å². The summed E-state index contributed by atoms with van der Waals surface area (Å²) in [5, 5.41) is 3.75. The van der Waals surface area contributed by atoms with Gasteiger partial charge in [0.25, 0.3) is 0 Å². The molecule has 1 aromatic carbocycles. The van der Waals surface area contributed by atoms with Crippen molar-refractivity contribution in [2.45, 2.75) is 32.2 Å². The van der Waals surface area contributed by atoms with Crippen LogP contribution in [0.5, 0.6) is 0 Å². The van der Waals surface area contributed by atoms with Crippen molar-refractivity contribution in [1.29, 1.82) is 0 Å². The molecule has 0 aliphatic carbocycles. The third-order valence-electron chi connectivity index (χ3n) is 3.23. The van der Waals surface area contributed by atoms with Gasteiger partial charge in [-0.1, -0.05) is 5.16 Å². The summed E-state index contributed by atoms with van der Waals surface area (Å²) in [6, 6.07) is 2.32. The van der Waals surface area contributed by atoms with Crippen molar-refractivity contribution in [2.24, 2.45) is 0 Å². The van der Waals surface area contributed by atoms with Gasteiger partial charge in [0.1, 0.15) is 11.6 Å². The number of nitrogens with zero attached hydrogens (tertiary/aromatic N) is 1. The standard InChI is InChI=1S/C13H16FN3O3S/c1-7-12(14)4-10(15)5-13(7)21(18,19)16-6-11-8(2)17-20-9(11)3/h4-5,16H,6,15H2,1-3H3. The summed E-state index contributed by atoms with van der Waals surface area (Å²) in [4.78, 5) is -0.174. The summed E-state index contributed by atoms with van der Waals surface area (Å²) in [5.74, 6) is -0.126. The number of benzene rings is 1. The number of nitrogens with two attached hydrogens (primary N) is 1. The van der Waals surface area contributed by atoms with Crippen molar-refractivity contribution in [3.63, 3.8) is 0 Å². The van der Waals surface area contributed by atoms with E-state index in [0.717, 1.165) is 6.07 Å². The number of hydrogen-bond acceptors (Lipinski definition) is 5.